The van der Waals surface area contributed by atoms with Crippen molar-refractivity contribution in [2.45, 2.75) is 57.7 Å². The lowest BCUT2D eigenvalue weighted by atomic mass is 9.86. The number of hydrogen-bond donors (Lipinski definition) is 0. The summed E-state index contributed by atoms with van der Waals surface area (Å²) in [6.07, 6.45) is 7.20. The first-order valence-electron chi connectivity index (χ1n) is 6.15. The molecule has 2 rings (SSSR count). The summed E-state index contributed by atoms with van der Waals surface area (Å²) in [5.41, 5.74) is 0. The Balaban J connectivity index is 1.72. The van der Waals surface area contributed by atoms with Crippen molar-refractivity contribution in [3.05, 3.63) is 0 Å². The summed E-state index contributed by atoms with van der Waals surface area (Å²) in [6.45, 7) is 2.52. The second-order valence-corrected chi connectivity index (χ2v) is 4.59. The van der Waals surface area contributed by atoms with Crippen LogP contribution in [0.1, 0.15) is 45.4 Å². The third-order valence-electron chi connectivity index (χ3n) is 3.32. The van der Waals surface area contributed by atoms with Gasteiger partial charge in [-0.3, -0.25) is 0 Å². The molecule has 2 aliphatic rings. The van der Waals surface area contributed by atoms with Crippen LogP contribution in [0.25, 0.3) is 0 Å². The van der Waals surface area contributed by atoms with Crippen molar-refractivity contribution in [3.8, 4) is 0 Å². The van der Waals surface area contributed by atoms with Crippen molar-refractivity contribution in [3.63, 3.8) is 0 Å². The van der Waals surface area contributed by atoms with Gasteiger partial charge in [0.15, 0.2) is 6.10 Å². The van der Waals surface area contributed by atoms with Crippen LogP contribution in [-0.2, 0) is 14.3 Å². The van der Waals surface area contributed by atoms with Gasteiger partial charge in [-0.2, -0.15) is 0 Å². The summed E-state index contributed by atoms with van der Waals surface area (Å²) in [4.78, 5) is 11.5. The van der Waals surface area contributed by atoms with Crippen LogP contribution in [0.15, 0.2) is 0 Å². The van der Waals surface area contributed by atoms with Crippen LogP contribution in [-0.4, -0.2) is 24.8 Å². The number of carbonyl (C=O) groups excluding carboxylic acids is 1. The highest BCUT2D eigenvalue weighted by Crippen LogP contribution is 2.38. The zero-order chi connectivity index (χ0) is 10.7. The number of rotatable bonds is 4. The molecule has 0 aromatic heterocycles. The first kappa shape index (κ1) is 10.9. The SMILES string of the molecule is CCCOC(=O)C1OC1C1CCCCC1. The maximum atomic E-state index is 11.5. The maximum Gasteiger partial charge on any atom is 0.338 e. The van der Waals surface area contributed by atoms with Crippen LogP contribution in [0.2, 0.25) is 0 Å². The van der Waals surface area contributed by atoms with Gasteiger partial charge in [0.25, 0.3) is 0 Å². The van der Waals surface area contributed by atoms with E-state index >= 15 is 0 Å². The van der Waals surface area contributed by atoms with E-state index in [0.29, 0.717) is 12.5 Å². The Labute approximate surface area is 91.1 Å². The Morgan fingerprint density at radius 2 is 2.07 bits per heavy atom. The molecule has 2 unspecified atom stereocenters. The van der Waals surface area contributed by atoms with Crippen molar-refractivity contribution >= 4 is 5.97 Å². The van der Waals surface area contributed by atoms with Gasteiger partial charge in [0, 0.05) is 0 Å². The molecule has 1 aliphatic heterocycles. The van der Waals surface area contributed by atoms with Gasteiger partial charge >= 0.3 is 5.97 Å². The molecule has 1 saturated heterocycles. The molecule has 0 amide bonds. The Kier molecular flexibility index (Phi) is 3.62. The van der Waals surface area contributed by atoms with E-state index in [2.05, 4.69) is 0 Å². The molecule has 3 heteroatoms. The fourth-order valence-corrected chi connectivity index (χ4v) is 2.42. The van der Waals surface area contributed by atoms with Crippen LogP contribution in [0.4, 0.5) is 0 Å². The second kappa shape index (κ2) is 4.97. The predicted molar refractivity (Wildman–Crippen MR) is 56.5 cm³/mol. The average molecular weight is 212 g/mol. The number of carbonyl (C=O) groups is 1. The summed E-state index contributed by atoms with van der Waals surface area (Å²) in [5, 5.41) is 0. The van der Waals surface area contributed by atoms with Gasteiger partial charge in [-0.05, 0) is 25.2 Å². The molecule has 1 aliphatic carbocycles. The van der Waals surface area contributed by atoms with Crippen molar-refractivity contribution in [2.24, 2.45) is 5.92 Å². The zero-order valence-corrected chi connectivity index (χ0v) is 9.41. The van der Waals surface area contributed by atoms with Crippen LogP contribution in [0.3, 0.4) is 0 Å². The molecule has 0 spiro atoms. The normalized spacial score (nSPS) is 31.3. The predicted octanol–water partition coefficient (Wildman–Crippen LogP) is 2.29. The Bertz CT molecular complexity index is 221. The van der Waals surface area contributed by atoms with E-state index in [1.54, 1.807) is 0 Å². The third-order valence-corrected chi connectivity index (χ3v) is 3.32. The van der Waals surface area contributed by atoms with Crippen LogP contribution in [0, 0.1) is 5.92 Å². The molecule has 3 nitrogen and oxygen atoms in total. The quantitative estimate of drug-likeness (QED) is 0.530. The Morgan fingerprint density at radius 1 is 1.33 bits per heavy atom. The number of esters is 1. The summed E-state index contributed by atoms with van der Waals surface area (Å²) in [5.74, 6) is 0.463. The topological polar surface area (TPSA) is 38.8 Å². The van der Waals surface area contributed by atoms with Crippen LogP contribution >= 0.6 is 0 Å². The van der Waals surface area contributed by atoms with E-state index < -0.39 is 0 Å². The summed E-state index contributed by atoms with van der Waals surface area (Å²) in [6, 6.07) is 0. The van der Waals surface area contributed by atoms with Crippen molar-refractivity contribution in [2.75, 3.05) is 6.61 Å². The fraction of sp³-hybridized carbons (Fsp3) is 0.917. The molecule has 0 radical (unpaired) electrons. The molecule has 1 saturated carbocycles. The first-order chi connectivity index (χ1) is 7.33. The van der Waals surface area contributed by atoms with Gasteiger partial charge in [0.1, 0.15) is 0 Å². The lowest BCUT2D eigenvalue weighted by Crippen LogP contribution is -2.20. The maximum absolute atomic E-state index is 11.5. The van der Waals surface area contributed by atoms with E-state index in [4.69, 9.17) is 9.47 Å². The van der Waals surface area contributed by atoms with Gasteiger partial charge in [-0.15, -0.1) is 0 Å². The lowest BCUT2D eigenvalue weighted by molar-refractivity contribution is -0.145. The van der Waals surface area contributed by atoms with E-state index in [1.807, 2.05) is 6.92 Å². The van der Waals surface area contributed by atoms with Gasteiger partial charge < -0.3 is 9.47 Å². The second-order valence-electron chi connectivity index (χ2n) is 4.59. The minimum absolute atomic E-state index is 0.146. The monoisotopic (exact) mass is 212 g/mol. The van der Waals surface area contributed by atoms with Crippen molar-refractivity contribution in [1.29, 1.82) is 0 Å². The molecular weight excluding hydrogens is 192 g/mol. The molecule has 0 bridgehead atoms. The molecule has 0 N–H and O–H groups in total. The summed E-state index contributed by atoms with van der Waals surface area (Å²) in [7, 11) is 0. The molecule has 1 heterocycles. The highest BCUT2D eigenvalue weighted by atomic mass is 16.6. The standard InChI is InChI=1S/C12H20O3/c1-2-8-14-12(13)11-10(15-11)9-6-4-3-5-7-9/h9-11H,2-8H2,1H3. The van der Waals surface area contributed by atoms with Crippen molar-refractivity contribution in [1.82, 2.24) is 0 Å². The summed E-state index contributed by atoms with van der Waals surface area (Å²) < 4.78 is 10.5. The van der Waals surface area contributed by atoms with E-state index in [0.717, 1.165) is 6.42 Å². The molecule has 15 heavy (non-hydrogen) atoms. The Hall–Kier alpha value is -0.570. The molecule has 0 aromatic rings. The van der Waals surface area contributed by atoms with Gasteiger partial charge in [0.05, 0.1) is 12.7 Å². The molecular formula is C12H20O3. The fourth-order valence-electron chi connectivity index (χ4n) is 2.42. The van der Waals surface area contributed by atoms with Gasteiger partial charge in [-0.1, -0.05) is 26.2 Å². The average Bonchev–Trinajstić information content (AvgIpc) is 3.07. The summed E-state index contributed by atoms with van der Waals surface area (Å²) >= 11 is 0. The van der Waals surface area contributed by atoms with E-state index in [1.165, 1.54) is 32.1 Å². The number of ether oxygens (including phenoxy) is 2. The molecule has 2 fully saturated rings. The Morgan fingerprint density at radius 3 is 2.73 bits per heavy atom. The van der Waals surface area contributed by atoms with Gasteiger partial charge in [0.2, 0.25) is 0 Å². The minimum Gasteiger partial charge on any atom is -0.464 e. The third kappa shape index (κ3) is 2.71. The van der Waals surface area contributed by atoms with Gasteiger partial charge in [-0.25, -0.2) is 4.79 Å². The number of epoxide rings is 1. The molecule has 86 valence electrons. The van der Waals surface area contributed by atoms with E-state index in [9.17, 15) is 4.79 Å². The highest BCUT2D eigenvalue weighted by molar-refractivity contribution is 5.78. The smallest absolute Gasteiger partial charge is 0.338 e. The van der Waals surface area contributed by atoms with E-state index in [-0.39, 0.29) is 18.2 Å². The lowest BCUT2D eigenvalue weighted by Gasteiger charge is -2.19. The minimum atomic E-state index is -0.236. The van der Waals surface area contributed by atoms with Crippen LogP contribution < -0.4 is 0 Å². The van der Waals surface area contributed by atoms with Crippen molar-refractivity contribution < 1.29 is 14.3 Å². The zero-order valence-electron chi connectivity index (χ0n) is 9.41. The molecule has 0 aromatic carbocycles. The van der Waals surface area contributed by atoms with Crippen LogP contribution in [0.5, 0.6) is 0 Å². The molecule has 2 atom stereocenters. The largest absolute Gasteiger partial charge is 0.464 e. The first-order valence-corrected chi connectivity index (χ1v) is 6.15. The number of hydrogen-bond acceptors (Lipinski definition) is 3. The highest BCUT2D eigenvalue weighted by Gasteiger charge is 2.50.